The summed E-state index contributed by atoms with van der Waals surface area (Å²) in [7, 11) is 0. The van der Waals surface area contributed by atoms with E-state index >= 15 is 0 Å². The lowest BCUT2D eigenvalue weighted by molar-refractivity contribution is -0.124. The van der Waals surface area contributed by atoms with Crippen LogP contribution >= 0.6 is 0 Å². The van der Waals surface area contributed by atoms with Gasteiger partial charge in [0.2, 0.25) is 5.91 Å². The van der Waals surface area contributed by atoms with Crippen molar-refractivity contribution in [3.8, 4) is 12.1 Å². The molecule has 0 saturated heterocycles. The van der Waals surface area contributed by atoms with Crippen LogP contribution in [-0.4, -0.2) is 5.91 Å². The largest absolute Gasteiger partial charge is 0.335 e. The molecule has 90 valence electrons. The number of aryl methyl sites for hydroxylation is 1. The number of rotatable bonds is 3. The molecule has 1 unspecified atom stereocenters. The molecule has 0 radical (unpaired) electrons. The van der Waals surface area contributed by atoms with Gasteiger partial charge in [0.05, 0.1) is 12.1 Å². The van der Waals surface area contributed by atoms with Crippen LogP contribution in [0.1, 0.15) is 30.0 Å². The number of amides is 1. The van der Waals surface area contributed by atoms with Gasteiger partial charge >= 0.3 is 0 Å². The van der Waals surface area contributed by atoms with Gasteiger partial charge in [-0.25, -0.2) is 0 Å². The quantitative estimate of drug-likeness (QED) is 0.876. The molecule has 0 aliphatic heterocycles. The van der Waals surface area contributed by atoms with Crippen molar-refractivity contribution in [1.29, 1.82) is 10.5 Å². The van der Waals surface area contributed by atoms with Gasteiger partial charge < -0.3 is 5.32 Å². The third-order valence-corrected chi connectivity index (χ3v) is 3.21. The van der Waals surface area contributed by atoms with Crippen LogP contribution in [0, 0.1) is 35.0 Å². The molecule has 0 spiro atoms. The van der Waals surface area contributed by atoms with E-state index in [0.717, 1.165) is 11.1 Å². The van der Waals surface area contributed by atoms with Crippen molar-refractivity contribution in [1.82, 2.24) is 5.32 Å². The lowest BCUT2D eigenvalue weighted by Crippen LogP contribution is -2.33. The van der Waals surface area contributed by atoms with Crippen LogP contribution in [0.15, 0.2) is 24.3 Å². The number of carbonyl (C=O) groups is 1. The lowest BCUT2D eigenvalue weighted by Gasteiger charge is -2.14. The van der Waals surface area contributed by atoms with E-state index in [1.165, 1.54) is 0 Å². The SMILES string of the molecule is Cc1ccc(C(C#N)NC(=O)C2(C#N)CC2)cc1. The summed E-state index contributed by atoms with van der Waals surface area (Å²) < 4.78 is 0. The fraction of sp³-hybridized carbons (Fsp3) is 0.357. The van der Waals surface area contributed by atoms with Crippen LogP contribution in [0.25, 0.3) is 0 Å². The third kappa shape index (κ3) is 2.19. The van der Waals surface area contributed by atoms with Gasteiger partial charge in [0.15, 0.2) is 0 Å². The molecule has 0 bridgehead atoms. The molecule has 1 aliphatic rings. The molecular weight excluding hydrogens is 226 g/mol. The van der Waals surface area contributed by atoms with Crippen molar-refractivity contribution < 1.29 is 4.79 Å². The zero-order valence-electron chi connectivity index (χ0n) is 10.1. The van der Waals surface area contributed by atoms with E-state index in [0.29, 0.717) is 12.8 Å². The molecule has 1 aromatic rings. The Balaban J connectivity index is 2.12. The first-order valence-corrected chi connectivity index (χ1v) is 5.80. The Morgan fingerprint density at radius 1 is 1.33 bits per heavy atom. The van der Waals surface area contributed by atoms with E-state index in [-0.39, 0.29) is 5.91 Å². The molecule has 1 aliphatic carbocycles. The van der Waals surface area contributed by atoms with Gasteiger partial charge in [0.1, 0.15) is 11.5 Å². The van der Waals surface area contributed by atoms with Crippen LogP contribution < -0.4 is 5.32 Å². The van der Waals surface area contributed by atoms with Crippen LogP contribution in [0.3, 0.4) is 0 Å². The Morgan fingerprint density at radius 2 is 1.94 bits per heavy atom. The van der Waals surface area contributed by atoms with Crippen LogP contribution in [0.4, 0.5) is 0 Å². The number of nitrogens with zero attached hydrogens (tertiary/aromatic N) is 2. The van der Waals surface area contributed by atoms with Crippen molar-refractivity contribution in [3.63, 3.8) is 0 Å². The van der Waals surface area contributed by atoms with Crippen molar-refractivity contribution in [3.05, 3.63) is 35.4 Å². The second kappa shape index (κ2) is 4.50. The van der Waals surface area contributed by atoms with Crippen molar-refractivity contribution in [2.75, 3.05) is 0 Å². The molecule has 1 saturated carbocycles. The number of hydrogen-bond acceptors (Lipinski definition) is 3. The Labute approximate surface area is 106 Å². The van der Waals surface area contributed by atoms with E-state index in [2.05, 4.69) is 11.4 Å². The molecular formula is C14H13N3O. The second-order valence-electron chi connectivity index (χ2n) is 4.64. The fourth-order valence-electron chi connectivity index (χ4n) is 1.73. The van der Waals surface area contributed by atoms with E-state index in [1.54, 1.807) is 0 Å². The zero-order valence-corrected chi connectivity index (χ0v) is 10.1. The molecule has 1 N–H and O–H groups in total. The summed E-state index contributed by atoms with van der Waals surface area (Å²) in [5.41, 5.74) is 0.947. The first-order valence-electron chi connectivity index (χ1n) is 5.80. The number of hydrogen-bond donors (Lipinski definition) is 1. The Hall–Kier alpha value is -2.33. The van der Waals surface area contributed by atoms with E-state index in [4.69, 9.17) is 10.5 Å². The van der Waals surface area contributed by atoms with Crippen LogP contribution in [0.5, 0.6) is 0 Å². The summed E-state index contributed by atoms with van der Waals surface area (Å²) >= 11 is 0. The monoisotopic (exact) mass is 239 g/mol. The van der Waals surface area contributed by atoms with Crippen LogP contribution in [0.2, 0.25) is 0 Å². The van der Waals surface area contributed by atoms with Crippen LogP contribution in [-0.2, 0) is 4.79 Å². The second-order valence-corrected chi connectivity index (χ2v) is 4.64. The van der Waals surface area contributed by atoms with Gasteiger partial charge in [-0.05, 0) is 25.3 Å². The highest BCUT2D eigenvalue weighted by atomic mass is 16.2. The number of carbonyl (C=O) groups excluding carboxylic acids is 1. The predicted molar refractivity (Wildman–Crippen MR) is 65.0 cm³/mol. The standard InChI is InChI=1S/C14H13N3O/c1-10-2-4-11(5-3-10)12(8-15)17-13(18)14(9-16)6-7-14/h2-5,12H,6-7H2,1H3,(H,17,18). The predicted octanol–water partition coefficient (Wildman–Crippen LogP) is 1.98. The normalized spacial score (nSPS) is 17.1. The smallest absolute Gasteiger partial charge is 0.241 e. The highest BCUT2D eigenvalue weighted by Gasteiger charge is 2.51. The van der Waals surface area contributed by atoms with E-state index in [9.17, 15) is 4.79 Å². The summed E-state index contributed by atoms with van der Waals surface area (Å²) in [6.45, 7) is 1.96. The number of benzene rings is 1. The number of nitrogens with one attached hydrogen (secondary N) is 1. The minimum absolute atomic E-state index is 0.336. The maximum atomic E-state index is 11.9. The zero-order chi connectivity index (χ0) is 13.2. The molecule has 1 amide bonds. The van der Waals surface area contributed by atoms with Crippen molar-refractivity contribution in [2.24, 2.45) is 5.41 Å². The highest BCUT2D eigenvalue weighted by Crippen LogP contribution is 2.45. The minimum Gasteiger partial charge on any atom is -0.335 e. The highest BCUT2D eigenvalue weighted by molar-refractivity contribution is 5.88. The average Bonchev–Trinajstić information content (AvgIpc) is 3.18. The van der Waals surface area contributed by atoms with Gasteiger partial charge in [0, 0.05) is 0 Å². The van der Waals surface area contributed by atoms with Gasteiger partial charge in [-0.3, -0.25) is 4.79 Å². The van der Waals surface area contributed by atoms with E-state index in [1.807, 2.05) is 37.3 Å². The Bertz CT molecular complexity index is 544. The first kappa shape index (κ1) is 12.1. The molecule has 2 rings (SSSR count). The molecule has 0 aromatic heterocycles. The summed E-state index contributed by atoms with van der Waals surface area (Å²) in [5, 5.41) is 20.7. The fourth-order valence-corrected chi connectivity index (χ4v) is 1.73. The number of nitriles is 2. The lowest BCUT2D eigenvalue weighted by atomic mass is 10.0. The topological polar surface area (TPSA) is 76.7 Å². The molecule has 4 heteroatoms. The molecule has 1 aromatic carbocycles. The molecule has 1 atom stereocenters. The minimum atomic E-state index is -0.889. The first-order chi connectivity index (χ1) is 8.61. The van der Waals surface area contributed by atoms with Crippen molar-refractivity contribution >= 4 is 5.91 Å². The van der Waals surface area contributed by atoms with E-state index < -0.39 is 11.5 Å². The van der Waals surface area contributed by atoms with Crippen molar-refractivity contribution in [2.45, 2.75) is 25.8 Å². The summed E-state index contributed by atoms with van der Waals surface area (Å²) in [6.07, 6.45) is 1.17. The maximum Gasteiger partial charge on any atom is 0.241 e. The third-order valence-electron chi connectivity index (χ3n) is 3.21. The molecule has 0 heterocycles. The molecule has 18 heavy (non-hydrogen) atoms. The maximum absolute atomic E-state index is 11.9. The van der Waals surface area contributed by atoms with Gasteiger partial charge in [-0.1, -0.05) is 29.8 Å². The summed E-state index contributed by atoms with van der Waals surface area (Å²) in [4.78, 5) is 11.9. The molecule has 4 nitrogen and oxygen atoms in total. The summed E-state index contributed by atoms with van der Waals surface area (Å²) in [5.74, 6) is -0.336. The summed E-state index contributed by atoms with van der Waals surface area (Å²) in [6, 6.07) is 10.8. The molecule has 1 fully saturated rings. The Kier molecular flexibility index (Phi) is 3.04. The Morgan fingerprint density at radius 3 is 2.39 bits per heavy atom. The van der Waals surface area contributed by atoms with Gasteiger partial charge in [0.25, 0.3) is 0 Å². The van der Waals surface area contributed by atoms with Gasteiger partial charge in [-0.15, -0.1) is 0 Å². The average molecular weight is 239 g/mol. The van der Waals surface area contributed by atoms with Gasteiger partial charge in [-0.2, -0.15) is 10.5 Å².